The maximum atomic E-state index is 12.4. The minimum absolute atomic E-state index is 0.00616. The molecule has 0 unspecified atom stereocenters. The Morgan fingerprint density at radius 1 is 1.11 bits per heavy atom. The van der Waals surface area contributed by atoms with E-state index >= 15 is 0 Å². The van der Waals surface area contributed by atoms with Crippen LogP contribution in [-0.2, 0) is 11.3 Å². The number of carbonyl (C=O) groups is 1. The Morgan fingerprint density at radius 2 is 1.85 bits per heavy atom. The van der Waals surface area contributed by atoms with Crippen molar-refractivity contribution in [3.63, 3.8) is 0 Å². The zero-order chi connectivity index (χ0) is 19.1. The van der Waals surface area contributed by atoms with Gasteiger partial charge in [0.1, 0.15) is 5.75 Å². The van der Waals surface area contributed by atoms with Gasteiger partial charge >= 0.3 is 0 Å². The summed E-state index contributed by atoms with van der Waals surface area (Å²) in [5.74, 6) is 1.52. The van der Waals surface area contributed by atoms with Crippen LogP contribution in [-0.4, -0.2) is 40.4 Å². The zero-order valence-corrected chi connectivity index (χ0v) is 16.1. The average molecular weight is 383 g/mol. The van der Waals surface area contributed by atoms with Gasteiger partial charge in [0.05, 0.1) is 12.4 Å². The molecule has 3 aromatic rings. The molecule has 0 aliphatic heterocycles. The molecule has 6 nitrogen and oxygen atoms in total. The van der Waals surface area contributed by atoms with E-state index < -0.39 is 0 Å². The normalized spacial score (nSPS) is 10.6. The van der Waals surface area contributed by atoms with E-state index in [1.807, 2.05) is 61.5 Å². The molecule has 7 heteroatoms. The number of hydrogen-bond acceptors (Lipinski definition) is 6. The first kappa shape index (κ1) is 19.0. The number of benzene rings is 2. The van der Waals surface area contributed by atoms with E-state index in [1.54, 1.807) is 11.9 Å². The van der Waals surface area contributed by atoms with Crippen molar-refractivity contribution in [2.45, 2.75) is 18.7 Å². The number of aromatic nitrogens is 2. The molecule has 27 heavy (non-hydrogen) atoms. The summed E-state index contributed by atoms with van der Waals surface area (Å²) in [5.41, 5.74) is 1.90. The van der Waals surface area contributed by atoms with E-state index in [1.165, 1.54) is 11.8 Å². The molecule has 0 saturated heterocycles. The quantitative estimate of drug-likeness (QED) is 0.550. The fourth-order valence-corrected chi connectivity index (χ4v) is 3.12. The molecule has 0 N–H and O–H groups in total. The monoisotopic (exact) mass is 383 g/mol. The predicted molar refractivity (Wildman–Crippen MR) is 105 cm³/mol. The van der Waals surface area contributed by atoms with E-state index in [0.29, 0.717) is 24.3 Å². The maximum Gasteiger partial charge on any atom is 0.277 e. The number of carbonyl (C=O) groups excluding carboxylic acids is 1. The molecule has 0 spiro atoms. The van der Waals surface area contributed by atoms with E-state index in [-0.39, 0.29) is 11.7 Å². The Balaban J connectivity index is 1.50. The van der Waals surface area contributed by atoms with Gasteiger partial charge in [0.25, 0.3) is 5.22 Å². The largest absolute Gasteiger partial charge is 0.494 e. The van der Waals surface area contributed by atoms with Gasteiger partial charge in [0, 0.05) is 19.2 Å². The molecule has 0 radical (unpaired) electrons. The molecule has 3 rings (SSSR count). The van der Waals surface area contributed by atoms with E-state index in [9.17, 15) is 4.79 Å². The summed E-state index contributed by atoms with van der Waals surface area (Å²) in [6.45, 7) is 3.12. The first-order valence-electron chi connectivity index (χ1n) is 8.63. The lowest BCUT2D eigenvalue weighted by molar-refractivity contribution is -0.127. The van der Waals surface area contributed by atoms with Crippen molar-refractivity contribution in [2.75, 3.05) is 19.4 Å². The lowest BCUT2D eigenvalue weighted by Gasteiger charge is -2.17. The second kappa shape index (κ2) is 9.23. The van der Waals surface area contributed by atoms with Crippen LogP contribution in [0.3, 0.4) is 0 Å². The maximum absolute atomic E-state index is 12.4. The molecule has 0 saturated carbocycles. The van der Waals surface area contributed by atoms with Crippen LogP contribution in [0.5, 0.6) is 5.75 Å². The smallest absolute Gasteiger partial charge is 0.277 e. The van der Waals surface area contributed by atoms with Crippen LogP contribution < -0.4 is 4.74 Å². The van der Waals surface area contributed by atoms with Gasteiger partial charge in [-0.25, -0.2) is 0 Å². The molecular weight excluding hydrogens is 362 g/mol. The second-order valence-electron chi connectivity index (χ2n) is 5.85. The van der Waals surface area contributed by atoms with Crippen molar-refractivity contribution in [3.8, 4) is 17.2 Å². The van der Waals surface area contributed by atoms with Crippen LogP contribution in [0.15, 0.2) is 64.2 Å². The molecule has 0 aliphatic rings. The molecule has 0 bridgehead atoms. The Morgan fingerprint density at radius 3 is 2.56 bits per heavy atom. The molecule has 1 aromatic heterocycles. The van der Waals surface area contributed by atoms with Gasteiger partial charge in [0.2, 0.25) is 11.8 Å². The third-order valence-corrected chi connectivity index (χ3v) is 4.63. The van der Waals surface area contributed by atoms with Crippen molar-refractivity contribution in [1.82, 2.24) is 15.1 Å². The van der Waals surface area contributed by atoms with Gasteiger partial charge in [-0.2, -0.15) is 0 Å². The van der Waals surface area contributed by atoms with Crippen LogP contribution in [0.1, 0.15) is 12.5 Å². The SMILES string of the molecule is CCOc1ccc(CN(C)C(=O)CSc2nnc(-c3ccccc3)o2)cc1. The Kier molecular flexibility index (Phi) is 6.49. The second-order valence-corrected chi connectivity index (χ2v) is 6.78. The highest BCUT2D eigenvalue weighted by molar-refractivity contribution is 7.99. The molecule has 1 amide bonds. The summed E-state index contributed by atoms with van der Waals surface area (Å²) in [5, 5.41) is 8.41. The lowest BCUT2D eigenvalue weighted by atomic mass is 10.2. The number of amides is 1. The number of rotatable bonds is 8. The topological polar surface area (TPSA) is 68.5 Å². The summed E-state index contributed by atoms with van der Waals surface area (Å²) in [6.07, 6.45) is 0. The van der Waals surface area contributed by atoms with Crippen molar-refractivity contribution < 1.29 is 13.9 Å². The Bertz CT molecular complexity index is 866. The number of hydrogen-bond donors (Lipinski definition) is 0. The number of ether oxygens (including phenoxy) is 1. The van der Waals surface area contributed by atoms with Gasteiger partial charge in [0.15, 0.2) is 0 Å². The minimum Gasteiger partial charge on any atom is -0.494 e. The fourth-order valence-electron chi connectivity index (χ4n) is 2.42. The highest BCUT2D eigenvalue weighted by Gasteiger charge is 2.14. The summed E-state index contributed by atoms with van der Waals surface area (Å²) >= 11 is 1.24. The van der Waals surface area contributed by atoms with Crippen molar-refractivity contribution in [1.29, 1.82) is 0 Å². The van der Waals surface area contributed by atoms with Crippen LogP contribution in [0.4, 0.5) is 0 Å². The standard InChI is InChI=1S/C20H21N3O3S/c1-3-25-17-11-9-15(10-12-17)13-23(2)18(24)14-27-20-22-21-19(26-20)16-7-5-4-6-8-16/h4-12H,3,13-14H2,1-2H3. The van der Waals surface area contributed by atoms with E-state index in [0.717, 1.165) is 16.9 Å². The van der Waals surface area contributed by atoms with Crippen LogP contribution in [0.25, 0.3) is 11.5 Å². The molecular formula is C20H21N3O3S. The number of thioether (sulfide) groups is 1. The molecule has 1 heterocycles. The van der Waals surface area contributed by atoms with Crippen molar-refractivity contribution in [2.24, 2.45) is 0 Å². The van der Waals surface area contributed by atoms with Crippen LogP contribution >= 0.6 is 11.8 Å². The fraction of sp³-hybridized carbons (Fsp3) is 0.250. The summed E-state index contributed by atoms with van der Waals surface area (Å²) in [6, 6.07) is 17.3. The molecule has 0 atom stereocenters. The van der Waals surface area contributed by atoms with E-state index in [4.69, 9.17) is 9.15 Å². The molecule has 0 fully saturated rings. The predicted octanol–water partition coefficient (Wildman–Crippen LogP) is 3.89. The summed E-state index contributed by atoms with van der Waals surface area (Å²) < 4.78 is 11.0. The van der Waals surface area contributed by atoms with Gasteiger partial charge in [-0.3, -0.25) is 4.79 Å². The third-order valence-electron chi connectivity index (χ3n) is 3.83. The average Bonchev–Trinajstić information content (AvgIpc) is 3.17. The first-order valence-corrected chi connectivity index (χ1v) is 9.61. The molecule has 0 aliphatic carbocycles. The first-order chi connectivity index (χ1) is 13.2. The minimum atomic E-state index is -0.00616. The molecule has 2 aromatic carbocycles. The van der Waals surface area contributed by atoms with Gasteiger partial charge in [-0.05, 0) is 36.8 Å². The molecule has 140 valence electrons. The Labute approximate surface area is 162 Å². The van der Waals surface area contributed by atoms with Crippen molar-refractivity contribution in [3.05, 3.63) is 60.2 Å². The summed E-state index contributed by atoms with van der Waals surface area (Å²) in [4.78, 5) is 14.0. The highest BCUT2D eigenvalue weighted by Crippen LogP contribution is 2.23. The van der Waals surface area contributed by atoms with Crippen LogP contribution in [0.2, 0.25) is 0 Å². The van der Waals surface area contributed by atoms with Gasteiger partial charge in [-0.1, -0.05) is 42.1 Å². The lowest BCUT2D eigenvalue weighted by Crippen LogP contribution is -2.27. The summed E-state index contributed by atoms with van der Waals surface area (Å²) in [7, 11) is 1.78. The van der Waals surface area contributed by atoms with Crippen molar-refractivity contribution >= 4 is 17.7 Å². The van der Waals surface area contributed by atoms with E-state index in [2.05, 4.69) is 10.2 Å². The number of nitrogens with zero attached hydrogens (tertiary/aromatic N) is 3. The highest BCUT2D eigenvalue weighted by atomic mass is 32.2. The third kappa shape index (κ3) is 5.34. The van der Waals surface area contributed by atoms with Crippen LogP contribution in [0, 0.1) is 0 Å². The van der Waals surface area contributed by atoms with Gasteiger partial charge in [-0.15, -0.1) is 10.2 Å². The zero-order valence-electron chi connectivity index (χ0n) is 15.3. The Hall–Kier alpha value is -2.80. The van der Waals surface area contributed by atoms with Gasteiger partial charge < -0.3 is 14.1 Å².